The van der Waals surface area contributed by atoms with Crippen LogP contribution in [0.25, 0.3) is 0 Å². The van der Waals surface area contributed by atoms with E-state index < -0.39 is 5.82 Å². The molecule has 0 atom stereocenters. The van der Waals surface area contributed by atoms with E-state index in [1.807, 2.05) is 6.07 Å². The lowest BCUT2D eigenvalue weighted by Gasteiger charge is -2.27. The van der Waals surface area contributed by atoms with Crippen LogP contribution in [0, 0.1) is 5.82 Å². The molecule has 1 aliphatic heterocycles. The van der Waals surface area contributed by atoms with Crippen molar-refractivity contribution < 1.29 is 9.13 Å². The fourth-order valence-electron chi connectivity index (χ4n) is 2.08. The first kappa shape index (κ1) is 14.0. The molecule has 1 fully saturated rings. The molecule has 0 unspecified atom stereocenters. The summed E-state index contributed by atoms with van der Waals surface area (Å²) in [5.41, 5.74) is 0.639. The number of ether oxygens (including phenoxy) is 1. The molecule has 0 bridgehead atoms. The maximum Gasteiger partial charge on any atom is 0.229 e. The van der Waals surface area contributed by atoms with Gasteiger partial charge in [-0.15, -0.1) is 0 Å². The molecule has 0 saturated carbocycles. The summed E-state index contributed by atoms with van der Waals surface area (Å²) >= 11 is 5.76. The van der Waals surface area contributed by atoms with Gasteiger partial charge in [0, 0.05) is 25.0 Å². The van der Waals surface area contributed by atoms with Crippen molar-refractivity contribution >= 4 is 29.1 Å². The first-order valence-corrected chi connectivity index (χ1v) is 6.98. The monoisotopic (exact) mass is 308 g/mol. The van der Waals surface area contributed by atoms with Gasteiger partial charge in [-0.25, -0.2) is 9.37 Å². The number of hydrogen-bond acceptors (Lipinski definition) is 5. The highest BCUT2D eigenvalue weighted by Gasteiger charge is 2.13. The second-order valence-electron chi connectivity index (χ2n) is 4.59. The first-order chi connectivity index (χ1) is 10.2. The van der Waals surface area contributed by atoms with Gasteiger partial charge in [0.1, 0.15) is 11.6 Å². The molecule has 2 heterocycles. The molecule has 0 amide bonds. The van der Waals surface area contributed by atoms with E-state index in [4.69, 9.17) is 16.3 Å². The summed E-state index contributed by atoms with van der Waals surface area (Å²) in [5, 5.41) is 3.08. The first-order valence-electron chi connectivity index (χ1n) is 6.60. The van der Waals surface area contributed by atoms with Crippen molar-refractivity contribution in [1.29, 1.82) is 0 Å². The van der Waals surface area contributed by atoms with Crippen molar-refractivity contribution in [2.45, 2.75) is 0 Å². The fourth-order valence-corrected chi connectivity index (χ4v) is 2.26. The van der Waals surface area contributed by atoms with E-state index in [1.54, 1.807) is 12.3 Å². The van der Waals surface area contributed by atoms with Crippen molar-refractivity contribution in [2.24, 2.45) is 0 Å². The van der Waals surface area contributed by atoms with Crippen molar-refractivity contribution in [2.75, 3.05) is 36.5 Å². The number of nitrogens with one attached hydrogen (secondary N) is 1. The van der Waals surface area contributed by atoms with Gasteiger partial charge in [0.25, 0.3) is 0 Å². The smallest absolute Gasteiger partial charge is 0.229 e. The third-order valence-corrected chi connectivity index (χ3v) is 3.44. The Morgan fingerprint density at radius 1 is 1.24 bits per heavy atom. The van der Waals surface area contributed by atoms with Gasteiger partial charge in [0.15, 0.2) is 0 Å². The molecule has 1 aromatic heterocycles. The highest BCUT2D eigenvalue weighted by molar-refractivity contribution is 6.31. The summed E-state index contributed by atoms with van der Waals surface area (Å²) in [7, 11) is 0. The van der Waals surface area contributed by atoms with Gasteiger partial charge in [-0.2, -0.15) is 4.98 Å². The topological polar surface area (TPSA) is 50.3 Å². The van der Waals surface area contributed by atoms with Crippen LogP contribution in [0.5, 0.6) is 0 Å². The highest BCUT2D eigenvalue weighted by atomic mass is 35.5. The second-order valence-corrected chi connectivity index (χ2v) is 5.00. The molecule has 1 saturated heterocycles. The van der Waals surface area contributed by atoms with E-state index in [-0.39, 0.29) is 5.02 Å². The van der Waals surface area contributed by atoms with Gasteiger partial charge in [0.2, 0.25) is 5.95 Å². The molecule has 110 valence electrons. The number of anilines is 3. The Kier molecular flexibility index (Phi) is 4.17. The summed E-state index contributed by atoms with van der Waals surface area (Å²) in [5.74, 6) is 0.830. The highest BCUT2D eigenvalue weighted by Crippen LogP contribution is 2.22. The Labute approximate surface area is 126 Å². The van der Waals surface area contributed by atoms with Crippen molar-refractivity contribution in [1.82, 2.24) is 9.97 Å². The molecule has 1 N–H and O–H groups in total. The molecule has 5 nitrogen and oxygen atoms in total. The molecule has 0 aliphatic carbocycles. The van der Waals surface area contributed by atoms with Crippen LogP contribution in [0.2, 0.25) is 5.02 Å². The maximum atomic E-state index is 13.1. The summed E-state index contributed by atoms with van der Waals surface area (Å²) in [6.07, 6.45) is 1.69. The Bertz CT molecular complexity index is 634. The summed E-state index contributed by atoms with van der Waals surface area (Å²) in [6.45, 7) is 3.00. The van der Waals surface area contributed by atoms with E-state index in [0.717, 1.165) is 18.9 Å². The minimum absolute atomic E-state index is 0.0596. The molecule has 0 spiro atoms. The average molecular weight is 309 g/mol. The number of morpholine rings is 1. The number of hydrogen-bond donors (Lipinski definition) is 1. The molecule has 0 radical (unpaired) electrons. The maximum absolute atomic E-state index is 13.1. The van der Waals surface area contributed by atoms with Gasteiger partial charge >= 0.3 is 0 Å². The molecule has 1 aliphatic rings. The Balaban J connectivity index is 1.77. The minimum Gasteiger partial charge on any atom is -0.378 e. The number of aromatic nitrogens is 2. The normalized spacial score (nSPS) is 15.0. The van der Waals surface area contributed by atoms with Crippen molar-refractivity contribution in [3.63, 3.8) is 0 Å². The molecule has 21 heavy (non-hydrogen) atoms. The van der Waals surface area contributed by atoms with Gasteiger partial charge in [-0.05, 0) is 24.3 Å². The van der Waals surface area contributed by atoms with E-state index in [2.05, 4.69) is 20.2 Å². The van der Waals surface area contributed by atoms with E-state index in [1.165, 1.54) is 12.1 Å². The summed E-state index contributed by atoms with van der Waals surface area (Å²) in [6, 6.07) is 6.25. The van der Waals surface area contributed by atoms with Crippen molar-refractivity contribution in [3.05, 3.63) is 41.3 Å². The van der Waals surface area contributed by atoms with Crippen LogP contribution < -0.4 is 10.2 Å². The molecular weight excluding hydrogens is 295 g/mol. The lowest BCUT2D eigenvalue weighted by Crippen LogP contribution is -2.36. The Morgan fingerprint density at radius 2 is 2.05 bits per heavy atom. The molecule has 1 aromatic carbocycles. The van der Waals surface area contributed by atoms with Crippen LogP contribution in [-0.2, 0) is 4.74 Å². The predicted octanol–water partition coefficient (Wildman–Crippen LogP) is 2.85. The zero-order valence-electron chi connectivity index (χ0n) is 11.2. The van der Waals surface area contributed by atoms with Gasteiger partial charge in [0.05, 0.1) is 18.2 Å². The molecule has 3 rings (SSSR count). The zero-order valence-corrected chi connectivity index (χ0v) is 12.0. The van der Waals surface area contributed by atoms with Crippen LogP contribution in [0.4, 0.5) is 21.8 Å². The van der Waals surface area contributed by atoms with E-state index >= 15 is 0 Å². The van der Waals surface area contributed by atoms with Gasteiger partial charge < -0.3 is 15.0 Å². The molecular formula is C14H14ClFN4O. The second kappa shape index (κ2) is 6.24. The van der Waals surface area contributed by atoms with Crippen LogP contribution in [0.3, 0.4) is 0 Å². The third kappa shape index (κ3) is 3.40. The average Bonchev–Trinajstić information content (AvgIpc) is 2.52. The van der Waals surface area contributed by atoms with Crippen LogP contribution in [0.1, 0.15) is 0 Å². The summed E-state index contributed by atoms with van der Waals surface area (Å²) < 4.78 is 18.5. The standard InChI is InChI=1S/C14H14ClFN4O/c15-11-9-10(1-2-12(11)16)18-14-17-4-3-13(19-14)20-5-7-21-8-6-20/h1-4,9H,5-8H2,(H,17,18,19). The fraction of sp³-hybridized carbons (Fsp3) is 0.286. The van der Waals surface area contributed by atoms with Crippen LogP contribution in [0.15, 0.2) is 30.5 Å². The van der Waals surface area contributed by atoms with Crippen LogP contribution in [-0.4, -0.2) is 36.3 Å². The number of benzene rings is 1. The van der Waals surface area contributed by atoms with Gasteiger partial charge in [-0.1, -0.05) is 11.6 Å². The predicted molar refractivity (Wildman–Crippen MR) is 79.8 cm³/mol. The third-order valence-electron chi connectivity index (χ3n) is 3.15. The number of halogens is 2. The largest absolute Gasteiger partial charge is 0.378 e. The van der Waals surface area contributed by atoms with Gasteiger partial charge in [-0.3, -0.25) is 0 Å². The SMILES string of the molecule is Fc1ccc(Nc2nccc(N3CCOCC3)n2)cc1Cl. The lowest BCUT2D eigenvalue weighted by atomic mass is 10.3. The molecule has 2 aromatic rings. The van der Waals surface area contributed by atoms with E-state index in [9.17, 15) is 4.39 Å². The summed E-state index contributed by atoms with van der Waals surface area (Å²) in [4.78, 5) is 10.8. The van der Waals surface area contributed by atoms with E-state index in [0.29, 0.717) is 24.8 Å². The quantitative estimate of drug-likeness (QED) is 0.945. The minimum atomic E-state index is -0.454. The number of nitrogens with zero attached hydrogens (tertiary/aromatic N) is 3. The van der Waals surface area contributed by atoms with Crippen LogP contribution >= 0.6 is 11.6 Å². The zero-order chi connectivity index (χ0) is 14.7. The molecule has 7 heteroatoms. The number of rotatable bonds is 3. The van der Waals surface area contributed by atoms with Crippen molar-refractivity contribution in [3.8, 4) is 0 Å². The lowest BCUT2D eigenvalue weighted by molar-refractivity contribution is 0.122. The Hall–Kier alpha value is -1.92. The Morgan fingerprint density at radius 3 is 2.81 bits per heavy atom.